The number of nitrogens with zero attached hydrogens (tertiary/aromatic N) is 3. The molecule has 76 valence electrons. The average molecular weight is 200 g/mol. The molecule has 0 aliphatic heterocycles. The zero-order chi connectivity index (χ0) is 10.7. The Hall–Kier alpha value is -1.97. The van der Waals surface area contributed by atoms with Gasteiger partial charge in [-0.1, -0.05) is 0 Å². The first-order valence-corrected chi connectivity index (χ1v) is 4.72. The van der Waals surface area contributed by atoms with Gasteiger partial charge in [-0.2, -0.15) is 0 Å². The summed E-state index contributed by atoms with van der Waals surface area (Å²) in [6, 6.07) is 3.88. The van der Waals surface area contributed by atoms with Gasteiger partial charge in [-0.3, -0.25) is 4.98 Å². The van der Waals surface area contributed by atoms with Crippen molar-refractivity contribution in [2.45, 2.75) is 6.92 Å². The van der Waals surface area contributed by atoms with Crippen LogP contribution in [0.15, 0.2) is 30.9 Å². The van der Waals surface area contributed by atoms with Gasteiger partial charge < -0.3 is 5.32 Å². The van der Waals surface area contributed by atoms with Crippen LogP contribution in [0.4, 0.5) is 5.82 Å². The van der Waals surface area contributed by atoms with Crippen molar-refractivity contribution in [2.75, 3.05) is 12.4 Å². The van der Waals surface area contributed by atoms with Gasteiger partial charge in [0.05, 0.1) is 5.69 Å². The van der Waals surface area contributed by atoms with E-state index < -0.39 is 0 Å². The molecular weight excluding hydrogens is 188 g/mol. The summed E-state index contributed by atoms with van der Waals surface area (Å²) in [4.78, 5) is 12.4. The van der Waals surface area contributed by atoms with E-state index in [1.807, 2.05) is 32.3 Å². The minimum absolute atomic E-state index is 0.809. The molecule has 15 heavy (non-hydrogen) atoms. The Labute approximate surface area is 88.4 Å². The highest BCUT2D eigenvalue weighted by Gasteiger charge is 2.03. The van der Waals surface area contributed by atoms with Crippen LogP contribution in [0.1, 0.15) is 5.56 Å². The monoisotopic (exact) mass is 200 g/mol. The van der Waals surface area contributed by atoms with E-state index in [1.165, 1.54) is 0 Å². The van der Waals surface area contributed by atoms with Gasteiger partial charge in [-0.05, 0) is 18.6 Å². The number of aromatic nitrogens is 3. The van der Waals surface area contributed by atoms with E-state index >= 15 is 0 Å². The number of aryl methyl sites for hydroxylation is 1. The van der Waals surface area contributed by atoms with Crippen LogP contribution >= 0.6 is 0 Å². The Morgan fingerprint density at radius 2 is 2.13 bits per heavy atom. The van der Waals surface area contributed by atoms with Crippen LogP contribution in [0.25, 0.3) is 11.3 Å². The Morgan fingerprint density at radius 3 is 2.87 bits per heavy atom. The molecule has 0 aliphatic carbocycles. The quantitative estimate of drug-likeness (QED) is 0.804. The molecule has 1 N–H and O–H groups in total. The maximum absolute atomic E-state index is 4.23. The van der Waals surface area contributed by atoms with E-state index in [-0.39, 0.29) is 0 Å². The summed E-state index contributed by atoms with van der Waals surface area (Å²) in [5.74, 6) is 0.809. The van der Waals surface area contributed by atoms with Gasteiger partial charge in [-0.15, -0.1) is 0 Å². The third kappa shape index (κ3) is 1.93. The van der Waals surface area contributed by atoms with Crippen LogP contribution in [0.3, 0.4) is 0 Å². The summed E-state index contributed by atoms with van der Waals surface area (Å²) in [5.41, 5.74) is 3.09. The molecule has 0 radical (unpaired) electrons. The standard InChI is InChI=1S/C11H12N4/c1-8-3-4-13-6-9(8)10-5-11(12-2)15-7-14-10/h3-7H,1-2H3,(H,12,14,15). The molecule has 0 fully saturated rings. The molecular formula is C11H12N4. The summed E-state index contributed by atoms with van der Waals surface area (Å²) in [7, 11) is 1.84. The van der Waals surface area contributed by atoms with Gasteiger partial charge >= 0.3 is 0 Å². The minimum Gasteiger partial charge on any atom is -0.373 e. The molecule has 0 saturated carbocycles. The fraction of sp³-hybridized carbons (Fsp3) is 0.182. The maximum Gasteiger partial charge on any atom is 0.129 e. The number of nitrogens with one attached hydrogen (secondary N) is 1. The molecule has 4 heteroatoms. The van der Waals surface area contributed by atoms with Crippen molar-refractivity contribution in [3.05, 3.63) is 36.4 Å². The first-order chi connectivity index (χ1) is 7.31. The molecule has 0 unspecified atom stereocenters. The van der Waals surface area contributed by atoms with Gasteiger partial charge in [0.25, 0.3) is 0 Å². The Morgan fingerprint density at radius 1 is 1.27 bits per heavy atom. The molecule has 0 amide bonds. The van der Waals surface area contributed by atoms with Crippen molar-refractivity contribution in [2.24, 2.45) is 0 Å². The van der Waals surface area contributed by atoms with Crippen LogP contribution in [-0.2, 0) is 0 Å². The summed E-state index contributed by atoms with van der Waals surface area (Å²) in [5, 5.41) is 2.99. The van der Waals surface area contributed by atoms with E-state index in [4.69, 9.17) is 0 Å². The minimum atomic E-state index is 0.809. The zero-order valence-corrected chi connectivity index (χ0v) is 8.73. The van der Waals surface area contributed by atoms with Crippen molar-refractivity contribution < 1.29 is 0 Å². The highest BCUT2D eigenvalue weighted by atomic mass is 15.0. The highest BCUT2D eigenvalue weighted by Crippen LogP contribution is 2.20. The van der Waals surface area contributed by atoms with E-state index in [9.17, 15) is 0 Å². The van der Waals surface area contributed by atoms with E-state index in [0.717, 1.165) is 22.6 Å². The van der Waals surface area contributed by atoms with Crippen LogP contribution in [0.5, 0.6) is 0 Å². The van der Waals surface area contributed by atoms with E-state index in [0.29, 0.717) is 0 Å². The van der Waals surface area contributed by atoms with Crippen molar-refractivity contribution in [3.8, 4) is 11.3 Å². The molecule has 0 atom stereocenters. The largest absolute Gasteiger partial charge is 0.373 e. The Bertz CT molecular complexity index is 468. The lowest BCUT2D eigenvalue weighted by Gasteiger charge is -2.05. The maximum atomic E-state index is 4.23. The summed E-state index contributed by atoms with van der Waals surface area (Å²) < 4.78 is 0. The predicted molar refractivity (Wildman–Crippen MR) is 59.5 cm³/mol. The van der Waals surface area contributed by atoms with Gasteiger partial charge in [-0.25, -0.2) is 9.97 Å². The van der Waals surface area contributed by atoms with Gasteiger partial charge in [0.15, 0.2) is 0 Å². The molecule has 2 rings (SSSR count). The van der Waals surface area contributed by atoms with Crippen LogP contribution < -0.4 is 5.32 Å². The number of hydrogen-bond donors (Lipinski definition) is 1. The first kappa shape index (κ1) is 9.58. The summed E-state index contributed by atoms with van der Waals surface area (Å²) in [6.07, 6.45) is 5.14. The molecule has 2 aromatic heterocycles. The molecule has 4 nitrogen and oxygen atoms in total. The number of hydrogen-bond acceptors (Lipinski definition) is 4. The smallest absolute Gasteiger partial charge is 0.129 e. The van der Waals surface area contributed by atoms with Crippen molar-refractivity contribution in [1.82, 2.24) is 15.0 Å². The molecule has 0 saturated heterocycles. The molecule has 2 heterocycles. The lowest BCUT2D eigenvalue weighted by atomic mass is 10.1. The SMILES string of the molecule is CNc1cc(-c2cnccc2C)ncn1. The van der Waals surface area contributed by atoms with Crippen LogP contribution in [0, 0.1) is 6.92 Å². The van der Waals surface area contributed by atoms with Crippen molar-refractivity contribution >= 4 is 5.82 Å². The van der Waals surface area contributed by atoms with E-state index in [2.05, 4.69) is 20.3 Å². The summed E-state index contributed by atoms with van der Waals surface area (Å²) >= 11 is 0. The predicted octanol–water partition coefficient (Wildman–Crippen LogP) is 1.89. The molecule has 2 aromatic rings. The summed E-state index contributed by atoms with van der Waals surface area (Å²) in [6.45, 7) is 2.04. The third-order valence-electron chi connectivity index (χ3n) is 2.24. The second kappa shape index (κ2) is 4.04. The second-order valence-electron chi connectivity index (χ2n) is 3.23. The fourth-order valence-electron chi connectivity index (χ4n) is 1.37. The fourth-order valence-corrected chi connectivity index (χ4v) is 1.37. The number of anilines is 1. The van der Waals surface area contributed by atoms with Gasteiger partial charge in [0.1, 0.15) is 12.1 Å². The third-order valence-corrected chi connectivity index (χ3v) is 2.24. The average Bonchev–Trinajstić information content (AvgIpc) is 2.30. The van der Waals surface area contributed by atoms with Crippen LogP contribution in [0.2, 0.25) is 0 Å². The van der Waals surface area contributed by atoms with Crippen LogP contribution in [-0.4, -0.2) is 22.0 Å². The molecule has 0 aliphatic rings. The molecule has 0 bridgehead atoms. The normalized spacial score (nSPS) is 10.0. The molecule has 0 spiro atoms. The Balaban J connectivity index is 2.49. The lowest BCUT2D eigenvalue weighted by Crippen LogP contribution is -1.95. The highest BCUT2D eigenvalue weighted by molar-refractivity contribution is 5.64. The Kier molecular flexibility index (Phi) is 2.58. The first-order valence-electron chi connectivity index (χ1n) is 4.72. The topological polar surface area (TPSA) is 50.7 Å². The second-order valence-corrected chi connectivity index (χ2v) is 3.23. The van der Waals surface area contributed by atoms with Crippen molar-refractivity contribution in [3.63, 3.8) is 0 Å². The number of rotatable bonds is 2. The van der Waals surface area contributed by atoms with Gasteiger partial charge in [0.2, 0.25) is 0 Å². The van der Waals surface area contributed by atoms with Gasteiger partial charge in [0, 0.05) is 31.1 Å². The van der Waals surface area contributed by atoms with E-state index in [1.54, 1.807) is 12.5 Å². The number of pyridine rings is 1. The van der Waals surface area contributed by atoms with Crippen molar-refractivity contribution in [1.29, 1.82) is 0 Å². The zero-order valence-electron chi connectivity index (χ0n) is 8.73. The molecule has 0 aromatic carbocycles. The lowest BCUT2D eigenvalue weighted by molar-refractivity contribution is 1.15.